The molecular formula is C28H33ClN2O6. The highest BCUT2D eigenvalue weighted by Crippen LogP contribution is 2.32. The van der Waals surface area contributed by atoms with Crippen molar-refractivity contribution in [3.63, 3.8) is 0 Å². The first-order valence-corrected chi connectivity index (χ1v) is 12.6. The highest BCUT2D eigenvalue weighted by atomic mass is 35.5. The molecule has 1 fully saturated rings. The van der Waals surface area contributed by atoms with Crippen molar-refractivity contribution in [3.8, 4) is 5.75 Å². The van der Waals surface area contributed by atoms with Crippen LogP contribution in [0.25, 0.3) is 5.76 Å². The average Bonchev–Trinajstić information content (AvgIpc) is 2.90. The van der Waals surface area contributed by atoms with E-state index in [1.54, 1.807) is 55.5 Å². The predicted molar refractivity (Wildman–Crippen MR) is 142 cm³/mol. The molecule has 198 valence electrons. The van der Waals surface area contributed by atoms with Crippen molar-refractivity contribution in [1.82, 2.24) is 5.32 Å². The van der Waals surface area contributed by atoms with Gasteiger partial charge in [-0.15, -0.1) is 0 Å². The number of methoxy groups -OCH3 is 1. The third-order valence-electron chi connectivity index (χ3n) is 6.47. The van der Waals surface area contributed by atoms with Gasteiger partial charge in [0.25, 0.3) is 0 Å². The fourth-order valence-electron chi connectivity index (χ4n) is 4.42. The Kier molecular flexibility index (Phi) is 9.97. The Balaban J connectivity index is 1.65. The molecule has 9 heteroatoms. The zero-order valence-electron chi connectivity index (χ0n) is 21.3. The van der Waals surface area contributed by atoms with E-state index in [0.717, 1.165) is 25.7 Å². The van der Waals surface area contributed by atoms with Gasteiger partial charge in [-0.25, -0.2) is 4.79 Å². The summed E-state index contributed by atoms with van der Waals surface area (Å²) in [6, 6.07) is 13.7. The number of halogens is 1. The second-order valence-corrected chi connectivity index (χ2v) is 9.46. The maximum Gasteiger partial charge on any atom is 0.412 e. The summed E-state index contributed by atoms with van der Waals surface area (Å²) in [5.74, 6) is 0.0408. The largest absolute Gasteiger partial charge is 0.505 e. The number of benzene rings is 2. The van der Waals surface area contributed by atoms with Crippen LogP contribution in [0.3, 0.4) is 0 Å². The third-order valence-corrected chi connectivity index (χ3v) is 6.81. The first-order chi connectivity index (χ1) is 17.7. The lowest BCUT2D eigenvalue weighted by Gasteiger charge is -2.29. The normalized spacial score (nSPS) is 18.7. The Bertz CT molecular complexity index is 1150. The molecule has 3 N–H and O–H groups in total. The Morgan fingerprint density at radius 3 is 2.46 bits per heavy atom. The molecule has 1 amide bonds. The standard InChI is InChI=1S/C28H33ClN2O6/c1-17(30)25(31-28(34)37-18(2)22-9-6-7-11-24(22)29)26(32)19-12-14-21(15-13-19)36-16-20-8-4-5-10-23(20)27(33)35-3/h6-7,9,11-15,18,20,23,30,32H,4-5,8,10,16H2,1-3H3,(H,31,34)/b26-25+,30-17?. The lowest BCUT2D eigenvalue weighted by molar-refractivity contribution is -0.149. The molecule has 0 aliphatic heterocycles. The lowest BCUT2D eigenvalue weighted by Crippen LogP contribution is -2.32. The van der Waals surface area contributed by atoms with Gasteiger partial charge >= 0.3 is 12.1 Å². The van der Waals surface area contributed by atoms with E-state index in [2.05, 4.69) is 5.32 Å². The lowest BCUT2D eigenvalue weighted by atomic mass is 9.80. The molecule has 3 atom stereocenters. The summed E-state index contributed by atoms with van der Waals surface area (Å²) in [7, 11) is 1.41. The number of esters is 1. The molecule has 3 unspecified atom stereocenters. The first-order valence-electron chi connectivity index (χ1n) is 12.2. The van der Waals surface area contributed by atoms with Gasteiger partial charge in [0.05, 0.1) is 25.3 Å². The molecule has 3 rings (SSSR count). The van der Waals surface area contributed by atoms with Crippen LogP contribution in [0.5, 0.6) is 5.75 Å². The number of amides is 1. The number of alkyl carbamates (subject to hydrolysis) is 1. The van der Waals surface area contributed by atoms with Gasteiger partial charge < -0.3 is 24.7 Å². The molecule has 2 aromatic rings. The van der Waals surface area contributed by atoms with Gasteiger partial charge in [-0.3, -0.25) is 10.1 Å². The number of rotatable bonds is 9. The van der Waals surface area contributed by atoms with Crippen LogP contribution >= 0.6 is 11.6 Å². The minimum absolute atomic E-state index is 0.0497. The van der Waals surface area contributed by atoms with E-state index in [1.807, 2.05) is 0 Å². The molecule has 1 aliphatic rings. The second kappa shape index (κ2) is 13.1. The number of ether oxygens (including phenoxy) is 3. The number of hydrogen-bond donors (Lipinski definition) is 3. The van der Waals surface area contributed by atoms with Crippen LogP contribution in [0, 0.1) is 17.2 Å². The molecule has 8 nitrogen and oxygen atoms in total. The fraction of sp³-hybridized carbons (Fsp3) is 0.393. The fourth-order valence-corrected chi connectivity index (χ4v) is 4.71. The first kappa shape index (κ1) is 28.1. The molecule has 0 bridgehead atoms. The predicted octanol–water partition coefficient (Wildman–Crippen LogP) is 6.45. The zero-order chi connectivity index (χ0) is 26.9. The van der Waals surface area contributed by atoms with Gasteiger partial charge in [-0.2, -0.15) is 0 Å². The molecule has 0 spiro atoms. The van der Waals surface area contributed by atoms with E-state index in [0.29, 0.717) is 28.5 Å². The third kappa shape index (κ3) is 7.49. The van der Waals surface area contributed by atoms with Crippen LogP contribution in [0.15, 0.2) is 54.2 Å². The molecule has 0 saturated heterocycles. The van der Waals surface area contributed by atoms with E-state index in [1.165, 1.54) is 14.0 Å². The zero-order valence-corrected chi connectivity index (χ0v) is 22.0. The van der Waals surface area contributed by atoms with Crippen LogP contribution in [-0.2, 0) is 14.3 Å². The van der Waals surface area contributed by atoms with Gasteiger partial charge in [0.1, 0.15) is 23.3 Å². The number of carbonyl (C=O) groups is 2. The van der Waals surface area contributed by atoms with Crippen LogP contribution < -0.4 is 10.1 Å². The number of allylic oxidation sites excluding steroid dienone is 1. The molecule has 0 heterocycles. The van der Waals surface area contributed by atoms with E-state index < -0.39 is 12.2 Å². The van der Waals surface area contributed by atoms with Crippen molar-refractivity contribution >= 4 is 35.1 Å². The maximum atomic E-state index is 12.5. The number of aliphatic hydroxyl groups is 1. The number of carbonyl (C=O) groups excluding carboxylic acids is 2. The smallest absolute Gasteiger partial charge is 0.412 e. The van der Waals surface area contributed by atoms with Gasteiger partial charge in [0, 0.05) is 22.1 Å². The maximum absolute atomic E-state index is 12.5. The number of nitrogens with one attached hydrogen (secondary N) is 2. The van der Waals surface area contributed by atoms with Gasteiger partial charge in [0.15, 0.2) is 0 Å². The van der Waals surface area contributed by atoms with Gasteiger partial charge in [-0.05, 0) is 57.0 Å². The SMILES string of the molecule is COC(=O)C1CCCCC1COc1ccc(/C(O)=C(\NC(=O)OC(C)c2ccccc2Cl)C(C)=N)cc1. The Morgan fingerprint density at radius 1 is 1.14 bits per heavy atom. The number of aliphatic hydroxyl groups excluding tert-OH is 1. The summed E-state index contributed by atoms with van der Waals surface area (Å²) in [5, 5.41) is 21.8. The monoisotopic (exact) mass is 528 g/mol. The Morgan fingerprint density at radius 2 is 1.81 bits per heavy atom. The molecule has 1 aliphatic carbocycles. The topological polar surface area (TPSA) is 118 Å². The summed E-state index contributed by atoms with van der Waals surface area (Å²) < 4.78 is 16.3. The molecule has 2 aromatic carbocycles. The van der Waals surface area contributed by atoms with Crippen molar-refractivity contribution in [2.45, 2.75) is 45.6 Å². The van der Waals surface area contributed by atoms with Crippen molar-refractivity contribution in [3.05, 3.63) is 70.4 Å². The van der Waals surface area contributed by atoms with Crippen molar-refractivity contribution < 1.29 is 28.9 Å². The van der Waals surface area contributed by atoms with E-state index in [4.69, 9.17) is 31.2 Å². The summed E-state index contributed by atoms with van der Waals surface area (Å²) >= 11 is 6.17. The highest BCUT2D eigenvalue weighted by Gasteiger charge is 2.32. The molecule has 0 aromatic heterocycles. The van der Waals surface area contributed by atoms with Crippen molar-refractivity contribution in [1.29, 1.82) is 5.41 Å². The Hall–Kier alpha value is -3.52. The van der Waals surface area contributed by atoms with Crippen LogP contribution in [0.2, 0.25) is 5.02 Å². The second-order valence-electron chi connectivity index (χ2n) is 9.05. The van der Waals surface area contributed by atoms with Crippen LogP contribution in [0.1, 0.15) is 56.8 Å². The average molecular weight is 529 g/mol. The van der Waals surface area contributed by atoms with Crippen molar-refractivity contribution in [2.75, 3.05) is 13.7 Å². The van der Waals surface area contributed by atoms with E-state index >= 15 is 0 Å². The Labute approximate surface area is 222 Å². The minimum atomic E-state index is -0.826. The summed E-state index contributed by atoms with van der Waals surface area (Å²) in [4.78, 5) is 24.6. The molecular weight excluding hydrogens is 496 g/mol. The highest BCUT2D eigenvalue weighted by molar-refractivity contribution is 6.31. The minimum Gasteiger partial charge on any atom is -0.505 e. The van der Waals surface area contributed by atoms with E-state index in [-0.39, 0.29) is 35.0 Å². The number of hydrogen-bond acceptors (Lipinski definition) is 7. The van der Waals surface area contributed by atoms with E-state index in [9.17, 15) is 14.7 Å². The summed E-state index contributed by atoms with van der Waals surface area (Å²) in [6.07, 6.45) is 2.30. The van der Waals surface area contributed by atoms with Crippen LogP contribution in [0.4, 0.5) is 4.79 Å². The van der Waals surface area contributed by atoms with Crippen molar-refractivity contribution in [2.24, 2.45) is 11.8 Å². The molecule has 1 saturated carbocycles. The quantitative estimate of drug-likeness (QED) is 0.195. The molecule has 0 radical (unpaired) electrons. The summed E-state index contributed by atoms with van der Waals surface area (Å²) in [5.41, 5.74) is 0.903. The van der Waals surface area contributed by atoms with Gasteiger partial charge in [0.2, 0.25) is 0 Å². The summed E-state index contributed by atoms with van der Waals surface area (Å²) in [6.45, 7) is 3.52. The van der Waals surface area contributed by atoms with Gasteiger partial charge in [-0.1, -0.05) is 42.6 Å². The molecule has 37 heavy (non-hydrogen) atoms. The van der Waals surface area contributed by atoms with Crippen LogP contribution in [-0.4, -0.2) is 36.6 Å².